The molecule has 0 unspecified atom stereocenters. The van der Waals surface area contributed by atoms with E-state index in [2.05, 4.69) is 83.9 Å². The number of tetrazole rings is 1. The largest absolute Gasteiger partial charge is 0.297 e. The van der Waals surface area contributed by atoms with Crippen molar-refractivity contribution >= 4 is 0 Å². The van der Waals surface area contributed by atoms with Gasteiger partial charge in [-0.15, -0.1) is 11.7 Å². The molecule has 0 spiro atoms. The van der Waals surface area contributed by atoms with Gasteiger partial charge in [-0.2, -0.15) is 0 Å². The highest BCUT2D eigenvalue weighted by atomic mass is 15.6. The summed E-state index contributed by atoms with van der Waals surface area (Å²) < 4.78 is 2.02. The summed E-state index contributed by atoms with van der Waals surface area (Å²) in [6.45, 7) is 17.6. The third-order valence-electron chi connectivity index (χ3n) is 5.73. The van der Waals surface area contributed by atoms with E-state index in [0.717, 1.165) is 45.0 Å². The van der Waals surface area contributed by atoms with Crippen LogP contribution in [-0.4, -0.2) is 62.7 Å². The van der Waals surface area contributed by atoms with Gasteiger partial charge in [0, 0.05) is 32.7 Å². The van der Waals surface area contributed by atoms with E-state index in [-0.39, 0.29) is 11.6 Å². The molecule has 0 amide bonds. The van der Waals surface area contributed by atoms with E-state index < -0.39 is 0 Å². The van der Waals surface area contributed by atoms with Crippen LogP contribution in [0.2, 0.25) is 0 Å². The van der Waals surface area contributed by atoms with Crippen molar-refractivity contribution in [3.8, 4) is 0 Å². The molecule has 0 radical (unpaired) electrons. The summed E-state index contributed by atoms with van der Waals surface area (Å²) in [4.78, 5) is 4.95. The van der Waals surface area contributed by atoms with Crippen LogP contribution >= 0.6 is 0 Å². The zero-order chi connectivity index (χ0) is 19.4. The Morgan fingerprint density at radius 2 is 1.81 bits per heavy atom. The van der Waals surface area contributed by atoms with Crippen molar-refractivity contribution in [2.75, 3.05) is 32.7 Å². The zero-order valence-electron chi connectivity index (χ0n) is 17.1. The number of piperazine rings is 1. The third-order valence-corrected chi connectivity index (χ3v) is 5.73. The normalized spacial score (nSPS) is 17.8. The Kier molecular flexibility index (Phi) is 6.07. The number of rotatable bonds is 7. The lowest BCUT2D eigenvalue weighted by molar-refractivity contribution is 0.109. The minimum Gasteiger partial charge on any atom is -0.297 e. The maximum Gasteiger partial charge on any atom is 0.173 e. The van der Waals surface area contributed by atoms with E-state index in [1.54, 1.807) is 0 Å². The summed E-state index contributed by atoms with van der Waals surface area (Å²) in [6, 6.07) is 8.85. The number of aromatic nitrogens is 4. The maximum absolute atomic E-state index is 4.49. The van der Waals surface area contributed by atoms with E-state index in [0.29, 0.717) is 0 Å². The minimum atomic E-state index is -0.119. The summed E-state index contributed by atoms with van der Waals surface area (Å²) in [5, 5.41) is 12.9. The predicted molar refractivity (Wildman–Crippen MR) is 109 cm³/mol. The number of hydrogen-bond acceptors (Lipinski definition) is 5. The fourth-order valence-corrected chi connectivity index (χ4v) is 3.60. The summed E-state index contributed by atoms with van der Waals surface area (Å²) in [7, 11) is 0. The van der Waals surface area contributed by atoms with Gasteiger partial charge in [0.25, 0.3) is 0 Å². The van der Waals surface area contributed by atoms with E-state index in [9.17, 15) is 0 Å². The lowest BCUT2D eigenvalue weighted by atomic mass is 9.98. The third kappa shape index (κ3) is 4.28. The van der Waals surface area contributed by atoms with Crippen LogP contribution in [-0.2, 0) is 5.54 Å². The molecule has 1 saturated heterocycles. The van der Waals surface area contributed by atoms with Crippen molar-refractivity contribution < 1.29 is 0 Å². The van der Waals surface area contributed by atoms with E-state index in [4.69, 9.17) is 0 Å². The van der Waals surface area contributed by atoms with E-state index in [1.165, 1.54) is 11.1 Å². The molecule has 0 bridgehead atoms. The van der Waals surface area contributed by atoms with Crippen LogP contribution in [0.25, 0.3) is 0 Å². The number of nitrogens with zero attached hydrogens (tertiary/aromatic N) is 6. The van der Waals surface area contributed by atoms with Crippen LogP contribution in [0.3, 0.4) is 0 Å². The number of benzene rings is 1. The molecule has 146 valence electrons. The quantitative estimate of drug-likeness (QED) is 0.703. The van der Waals surface area contributed by atoms with Gasteiger partial charge in [0.05, 0.1) is 11.6 Å². The Morgan fingerprint density at radius 3 is 2.41 bits per heavy atom. The topological polar surface area (TPSA) is 50.1 Å². The molecule has 1 atom stereocenters. The summed E-state index contributed by atoms with van der Waals surface area (Å²) >= 11 is 0. The first-order valence-electron chi connectivity index (χ1n) is 9.89. The summed E-state index contributed by atoms with van der Waals surface area (Å²) in [5.41, 5.74) is 2.40. The second kappa shape index (κ2) is 8.31. The number of aryl methyl sites for hydroxylation is 1. The van der Waals surface area contributed by atoms with E-state index >= 15 is 0 Å². The summed E-state index contributed by atoms with van der Waals surface area (Å²) in [5.74, 6) is 0.933. The molecule has 1 aliphatic heterocycles. The van der Waals surface area contributed by atoms with Gasteiger partial charge in [0.15, 0.2) is 5.82 Å². The predicted octanol–water partition coefficient (Wildman–Crippen LogP) is 3.02. The Morgan fingerprint density at radius 1 is 1.15 bits per heavy atom. The van der Waals surface area contributed by atoms with Crippen LogP contribution in [0.5, 0.6) is 0 Å². The average molecular weight is 369 g/mol. The Hall–Kier alpha value is -2.05. The molecule has 1 fully saturated rings. The fourth-order valence-electron chi connectivity index (χ4n) is 3.60. The molecule has 0 N–H and O–H groups in total. The highest BCUT2D eigenvalue weighted by Gasteiger charge is 2.33. The van der Waals surface area contributed by atoms with Crippen LogP contribution in [0, 0.1) is 6.92 Å². The first-order valence-corrected chi connectivity index (χ1v) is 9.89. The fraction of sp³-hybridized carbons (Fsp3) is 0.571. The molecule has 0 aliphatic carbocycles. The second-order valence-corrected chi connectivity index (χ2v) is 8.05. The Bertz CT molecular complexity index is 740. The highest BCUT2D eigenvalue weighted by molar-refractivity contribution is 5.28. The molecule has 2 aromatic rings. The van der Waals surface area contributed by atoms with Gasteiger partial charge >= 0.3 is 0 Å². The number of hydrogen-bond donors (Lipinski definition) is 0. The molecular weight excluding hydrogens is 336 g/mol. The molecule has 1 aliphatic rings. The van der Waals surface area contributed by atoms with Crippen LogP contribution in [0.15, 0.2) is 36.9 Å². The Labute approximate surface area is 162 Å². The van der Waals surface area contributed by atoms with Gasteiger partial charge in [-0.3, -0.25) is 9.80 Å². The highest BCUT2D eigenvalue weighted by Crippen LogP contribution is 2.31. The van der Waals surface area contributed by atoms with Crippen molar-refractivity contribution in [1.82, 2.24) is 30.0 Å². The molecule has 6 heteroatoms. The molecule has 1 aromatic carbocycles. The van der Waals surface area contributed by atoms with Crippen LogP contribution < -0.4 is 0 Å². The Balaban J connectivity index is 1.96. The molecule has 0 saturated carbocycles. The minimum absolute atomic E-state index is 0.0670. The van der Waals surface area contributed by atoms with Crippen molar-refractivity contribution in [2.24, 2.45) is 0 Å². The molecule has 1 aromatic heterocycles. The monoisotopic (exact) mass is 368 g/mol. The first-order chi connectivity index (χ1) is 13.0. The van der Waals surface area contributed by atoms with Crippen LogP contribution in [0.1, 0.15) is 50.2 Å². The standard InChI is InChI=1S/C21H32N6/c1-6-12-25-13-15-26(16-14-25)19(18-10-8-17(3)9-11-18)20-22-23-24-27(20)21(4,5)7-2/h6,8-11,19H,1,7,12-16H2,2-5H3/t19-/m1/s1. The molecule has 3 rings (SSSR count). The van der Waals surface area contributed by atoms with E-state index in [1.807, 2.05) is 10.8 Å². The average Bonchev–Trinajstić information content (AvgIpc) is 3.15. The first kappa shape index (κ1) is 19.7. The molecular formula is C21H32N6. The summed E-state index contributed by atoms with van der Waals surface area (Å²) in [6.07, 6.45) is 2.95. The van der Waals surface area contributed by atoms with Crippen molar-refractivity contribution in [3.63, 3.8) is 0 Å². The molecule has 6 nitrogen and oxygen atoms in total. The van der Waals surface area contributed by atoms with Crippen molar-refractivity contribution in [1.29, 1.82) is 0 Å². The molecule has 27 heavy (non-hydrogen) atoms. The van der Waals surface area contributed by atoms with Gasteiger partial charge in [0.1, 0.15) is 0 Å². The van der Waals surface area contributed by atoms with Gasteiger partial charge in [-0.1, -0.05) is 42.8 Å². The van der Waals surface area contributed by atoms with Crippen LogP contribution in [0.4, 0.5) is 0 Å². The second-order valence-electron chi connectivity index (χ2n) is 8.05. The van der Waals surface area contributed by atoms with Gasteiger partial charge < -0.3 is 0 Å². The van der Waals surface area contributed by atoms with Gasteiger partial charge in [0.2, 0.25) is 0 Å². The zero-order valence-corrected chi connectivity index (χ0v) is 17.1. The lowest BCUT2D eigenvalue weighted by Gasteiger charge is -2.39. The smallest absolute Gasteiger partial charge is 0.173 e. The lowest BCUT2D eigenvalue weighted by Crippen LogP contribution is -2.48. The van der Waals surface area contributed by atoms with Gasteiger partial charge in [-0.05, 0) is 43.2 Å². The molecule has 2 heterocycles. The SMILES string of the molecule is C=CCN1CCN([C@H](c2ccc(C)cc2)c2nnnn2C(C)(C)CC)CC1. The van der Waals surface area contributed by atoms with Crippen molar-refractivity contribution in [3.05, 3.63) is 53.9 Å². The van der Waals surface area contributed by atoms with Gasteiger partial charge in [-0.25, -0.2) is 4.68 Å². The maximum atomic E-state index is 4.49. The van der Waals surface area contributed by atoms with Crippen molar-refractivity contribution in [2.45, 2.75) is 45.7 Å².